The molecule has 1 aliphatic rings. The maximum atomic E-state index is 14.2. The molecule has 0 bridgehead atoms. The first-order chi connectivity index (χ1) is 12.2. The van der Waals surface area contributed by atoms with Crippen LogP contribution in [0.4, 0.5) is 4.39 Å². The molecule has 2 heterocycles. The van der Waals surface area contributed by atoms with Crippen LogP contribution in [-0.2, 0) is 16.1 Å². The Hall–Kier alpha value is -2.74. The Morgan fingerprint density at radius 1 is 1.31 bits per heavy atom. The number of amides is 1. The van der Waals surface area contributed by atoms with Gasteiger partial charge in [0.25, 0.3) is 0 Å². The van der Waals surface area contributed by atoms with Crippen LogP contribution in [0.3, 0.4) is 0 Å². The van der Waals surface area contributed by atoms with E-state index < -0.39 is 36.0 Å². The van der Waals surface area contributed by atoms with Gasteiger partial charge in [0.15, 0.2) is 5.78 Å². The standard InChI is InChI=1S/C18H19FN2O5/c1-18(19)6-14(17(25)26)21(10-18)16(24)8-20-7-12(15(23)9-22)11-4-2-3-5-13(11)20/h2-5,7,14,22H,6,8-10H2,1H3,(H,25,26)/t14-,18+/m0/s1. The van der Waals surface area contributed by atoms with Gasteiger partial charge in [0.2, 0.25) is 5.91 Å². The quantitative estimate of drug-likeness (QED) is 0.780. The van der Waals surface area contributed by atoms with Gasteiger partial charge in [0.1, 0.15) is 24.9 Å². The predicted octanol–water partition coefficient (Wildman–Crippen LogP) is 1.23. The minimum absolute atomic E-state index is 0.223. The molecule has 0 saturated carbocycles. The number of alkyl halides is 1. The SMILES string of the molecule is C[C@@]1(F)C[C@@H](C(=O)O)N(C(=O)Cn2cc(C(=O)CO)c3ccccc32)C1. The minimum Gasteiger partial charge on any atom is -0.480 e. The third-order valence-electron chi connectivity index (χ3n) is 4.64. The van der Waals surface area contributed by atoms with Crippen LogP contribution < -0.4 is 0 Å². The molecule has 1 aromatic heterocycles. The number of aromatic nitrogens is 1. The first kappa shape index (κ1) is 18.1. The van der Waals surface area contributed by atoms with Crippen LogP contribution in [-0.4, -0.2) is 62.2 Å². The van der Waals surface area contributed by atoms with E-state index >= 15 is 0 Å². The molecule has 0 aliphatic carbocycles. The van der Waals surface area contributed by atoms with E-state index in [4.69, 9.17) is 5.11 Å². The summed E-state index contributed by atoms with van der Waals surface area (Å²) in [6.07, 6.45) is 1.20. The van der Waals surface area contributed by atoms with Gasteiger partial charge in [-0.05, 0) is 13.0 Å². The van der Waals surface area contributed by atoms with Crippen LogP contribution in [0.15, 0.2) is 30.5 Å². The zero-order chi connectivity index (χ0) is 19.1. The van der Waals surface area contributed by atoms with Gasteiger partial charge in [-0.3, -0.25) is 9.59 Å². The smallest absolute Gasteiger partial charge is 0.326 e. The van der Waals surface area contributed by atoms with E-state index in [1.54, 1.807) is 24.3 Å². The minimum atomic E-state index is -1.75. The normalized spacial score (nSPS) is 22.7. The number of carboxylic acids is 1. The number of rotatable bonds is 5. The first-order valence-corrected chi connectivity index (χ1v) is 8.16. The number of halogens is 1. The lowest BCUT2D eigenvalue weighted by atomic mass is 10.1. The number of aliphatic carboxylic acids is 1. The number of benzene rings is 1. The Kier molecular flexibility index (Phi) is 4.53. The van der Waals surface area contributed by atoms with E-state index in [0.29, 0.717) is 10.9 Å². The third-order valence-corrected chi connectivity index (χ3v) is 4.64. The fourth-order valence-corrected chi connectivity index (χ4v) is 3.45. The van der Waals surface area contributed by atoms with Gasteiger partial charge in [-0.2, -0.15) is 0 Å². The summed E-state index contributed by atoms with van der Waals surface area (Å²) in [6, 6.07) is 5.68. The van der Waals surface area contributed by atoms with E-state index in [2.05, 4.69) is 0 Å². The van der Waals surface area contributed by atoms with Crippen molar-refractivity contribution >= 4 is 28.6 Å². The van der Waals surface area contributed by atoms with E-state index in [9.17, 15) is 23.9 Å². The number of Topliss-reactive ketones (excluding diaryl/α,β-unsaturated/α-hetero) is 1. The van der Waals surface area contributed by atoms with Crippen LogP contribution in [0.2, 0.25) is 0 Å². The lowest BCUT2D eigenvalue weighted by Crippen LogP contribution is -2.42. The molecule has 2 N–H and O–H groups in total. The molecule has 0 radical (unpaired) electrons. The van der Waals surface area contributed by atoms with E-state index in [1.165, 1.54) is 17.7 Å². The molecular weight excluding hydrogens is 343 g/mol. The zero-order valence-corrected chi connectivity index (χ0v) is 14.2. The Morgan fingerprint density at radius 2 is 2.00 bits per heavy atom. The lowest BCUT2D eigenvalue weighted by molar-refractivity contribution is -0.148. The van der Waals surface area contributed by atoms with Crippen molar-refractivity contribution in [2.24, 2.45) is 0 Å². The molecule has 0 spiro atoms. The van der Waals surface area contributed by atoms with Gasteiger partial charge in [0, 0.05) is 29.1 Å². The number of likely N-dealkylation sites (tertiary alicyclic amines) is 1. The number of ketones is 1. The van der Waals surface area contributed by atoms with E-state index in [-0.39, 0.29) is 25.1 Å². The van der Waals surface area contributed by atoms with E-state index in [0.717, 1.165) is 4.90 Å². The number of hydrogen-bond donors (Lipinski definition) is 2. The number of para-hydroxylation sites is 1. The van der Waals surface area contributed by atoms with Crippen molar-refractivity contribution in [3.63, 3.8) is 0 Å². The Morgan fingerprint density at radius 3 is 2.65 bits per heavy atom. The summed E-state index contributed by atoms with van der Waals surface area (Å²) in [5.41, 5.74) is -0.871. The van der Waals surface area contributed by atoms with Gasteiger partial charge < -0.3 is 19.7 Å². The second kappa shape index (κ2) is 6.53. The molecule has 1 fully saturated rings. The van der Waals surface area contributed by atoms with Crippen molar-refractivity contribution in [1.82, 2.24) is 9.47 Å². The number of fused-ring (bicyclic) bond motifs is 1. The highest BCUT2D eigenvalue weighted by Gasteiger charge is 2.46. The molecular formula is C18H19FN2O5. The predicted molar refractivity (Wildman–Crippen MR) is 90.6 cm³/mol. The largest absolute Gasteiger partial charge is 0.480 e. The topological polar surface area (TPSA) is 99.8 Å². The van der Waals surface area contributed by atoms with Crippen molar-refractivity contribution in [3.05, 3.63) is 36.0 Å². The van der Waals surface area contributed by atoms with Gasteiger partial charge >= 0.3 is 5.97 Å². The molecule has 1 saturated heterocycles. The maximum absolute atomic E-state index is 14.2. The second-order valence-corrected chi connectivity index (χ2v) is 6.76. The van der Waals surface area contributed by atoms with Crippen molar-refractivity contribution in [2.75, 3.05) is 13.2 Å². The van der Waals surface area contributed by atoms with Crippen LogP contribution in [0.25, 0.3) is 10.9 Å². The molecule has 8 heteroatoms. The van der Waals surface area contributed by atoms with Crippen LogP contribution in [0.1, 0.15) is 23.7 Å². The summed E-state index contributed by atoms with van der Waals surface area (Å²) in [5, 5.41) is 19.0. The molecule has 0 unspecified atom stereocenters. The number of nitrogens with zero attached hydrogens (tertiary/aromatic N) is 2. The second-order valence-electron chi connectivity index (χ2n) is 6.76. The maximum Gasteiger partial charge on any atom is 0.326 e. The Bertz CT molecular complexity index is 889. The highest BCUT2D eigenvalue weighted by atomic mass is 19.1. The molecule has 2 aromatic rings. The van der Waals surface area contributed by atoms with Crippen molar-refractivity contribution in [1.29, 1.82) is 0 Å². The third kappa shape index (κ3) is 3.20. The lowest BCUT2D eigenvalue weighted by Gasteiger charge is -2.22. The zero-order valence-electron chi connectivity index (χ0n) is 14.2. The average molecular weight is 362 g/mol. The number of carboxylic acid groups (broad SMARTS) is 1. The number of aliphatic hydroxyl groups is 1. The Labute approximate surface area is 148 Å². The molecule has 1 amide bonds. The Balaban J connectivity index is 1.92. The van der Waals surface area contributed by atoms with E-state index in [1.807, 2.05) is 0 Å². The summed E-state index contributed by atoms with van der Waals surface area (Å²) >= 11 is 0. The summed E-state index contributed by atoms with van der Waals surface area (Å²) in [7, 11) is 0. The summed E-state index contributed by atoms with van der Waals surface area (Å²) in [6.45, 7) is 0.109. The first-order valence-electron chi connectivity index (χ1n) is 8.16. The monoisotopic (exact) mass is 362 g/mol. The fourth-order valence-electron chi connectivity index (χ4n) is 3.45. The van der Waals surface area contributed by atoms with Crippen LogP contribution in [0.5, 0.6) is 0 Å². The number of aliphatic hydroxyl groups excluding tert-OH is 1. The van der Waals surface area contributed by atoms with Crippen LogP contribution in [0, 0.1) is 0 Å². The molecule has 26 heavy (non-hydrogen) atoms. The molecule has 2 atom stereocenters. The molecule has 1 aromatic carbocycles. The molecule has 3 rings (SSSR count). The number of carbonyl (C=O) groups is 3. The average Bonchev–Trinajstić information content (AvgIpc) is 3.12. The van der Waals surface area contributed by atoms with Gasteiger partial charge in [-0.25, -0.2) is 9.18 Å². The highest BCUT2D eigenvalue weighted by molar-refractivity contribution is 6.08. The summed E-state index contributed by atoms with van der Waals surface area (Å²) < 4.78 is 15.8. The number of hydrogen-bond acceptors (Lipinski definition) is 4. The van der Waals surface area contributed by atoms with Crippen molar-refractivity contribution in [3.8, 4) is 0 Å². The highest BCUT2D eigenvalue weighted by Crippen LogP contribution is 2.31. The van der Waals surface area contributed by atoms with Gasteiger partial charge in [0.05, 0.1) is 6.54 Å². The van der Waals surface area contributed by atoms with Gasteiger partial charge in [-0.1, -0.05) is 18.2 Å². The van der Waals surface area contributed by atoms with Gasteiger partial charge in [-0.15, -0.1) is 0 Å². The fraction of sp³-hybridized carbons (Fsp3) is 0.389. The van der Waals surface area contributed by atoms with Crippen molar-refractivity contribution in [2.45, 2.75) is 31.6 Å². The molecule has 138 valence electrons. The molecule has 1 aliphatic heterocycles. The van der Waals surface area contributed by atoms with Crippen LogP contribution >= 0.6 is 0 Å². The summed E-state index contributed by atoms with van der Waals surface area (Å²) in [5.74, 6) is -2.26. The number of carbonyl (C=O) groups excluding carboxylic acids is 2. The summed E-state index contributed by atoms with van der Waals surface area (Å²) in [4.78, 5) is 37.0. The van der Waals surface area contributed by atoms with Crippen molar-refractivity contribution < 1.29 is 29.0 Å². The molecule has 7 nitrogen and oxygen atoms in total.